The molecule has 1 amide bonds. The number of methoxy groups -OCH3 is 2. The molecule has 3 aromatic rings. The number of carbonyl (C=O) groups excluding carboxylic acids is 3. The number of aromatic nitrogens is 4. The molecule has 5 heterocycles. The van der Waals surface area contributed by atoms with Crippen molar-refractivity contribution in [3.63, 3.8) is 0 Å². The maximum absolute atomic E-state index is 13.5. The van der Waals surface area contributed by atoms with Crippen LogP contribution in [0.5, 0.6) is 0 Å². The highest BCUT2D eigenvalue weighted by Crippen LogP contribution is 2.45. The normalized spacial score (nSPS) is 16.2. The summed E-state index contributed by atoms with van der Waals surface area (Å²) in [6, 6.07) is 8.22. The van der Waals surface area contributed by atoms with Crippen molar-refractivity contribution >= 4 is 57.1 Å². The van der Waals surface area contributed by atoms with E-state index in [1.54, 1.807) is 19.0 Å². The molecule has 1 atom stereocenters. The molecule has 0 aliphatic carbocycles. The van der Waals surface area contributed by atoms with Crippen LogP contribution in [0.1, 0.15) is 111 Å². The molecule has 2 aliphatic heterocycles. The number of nitrogens with zero attached hydrogens (tertiary/aromatic N) is 3. The Balaban J connectivity index is 1.89. The van der Waals surface area contributed by atoms with Gasteiger partial charge in [0.05, 0.1) is 37.0 Å². The molecular weight excluding hydrogens is 654 g/mol. The Morgan fingerprint density at radius 2 is 1.40 bits per heavy atom. The Morgan fingerprint density at radius 3 is 1.96 bits per heavy atom. The number of amides is 1. The molecule has 0 fully saturated rings. The van der Waals surface area contributed by atoms with E-state index in [4.69, 9.17) is 19.4 Å². The topological polar surface area (TPSA) is 130 Å². The summed E-state index contributed by atoms with van der Waals surface area (Å²) in [5.41, 5.74) is 12.0. The van der Waals surface area contributed by atoms with Gasteiger partial charge < -0.3 is 24.3 Å². The molecule has 0 radical (unpaired) electrons. The first kappa shape index (κ1) is 38.2. The summed E-state index contributed by atoms with van der Waals surface area (Å²) in [5, 5.41) is 0. The number of carbonyl (C=O) groups is 3. The minimum Gasteiger partial charge on any atom is -0.469 e. The highest BCUT2D eigenvalue weighted by atomic mass is 16.5. The average Bonchev–Trinajstić information content (AvgIpc) is 3.77. The van der Waals surface area contributed by atoms with Crippen molar-refractivity contribution in [2.24, 2.45) is 0 Å². The van der Waals surface area contributed by atoms with Gasteiger partial charge in [0.15, 0.2) is 0 Å². The number of aromatic amines is 2. The van der Waals surface area contributed by atoms with E-state index in [9.17, 15) is 14.4 Å². The minimum absolute atomic E-state index is 0.0165. The number of fused-ring (bicyclic) bond motifs is 8. The summed E-state index contributed by atoms with van der Waals surface area (Å²) < 4.78 is 9.99. The molecule has 10 heteroatoms. The monoisotopic (exact) mass is 707 g/mol. The second-order valence-corrected chi connectivity index (χ2v) is 14.4. The molecular formula is C42H53N5O5. The third kappa shape index (κ3) is 8.06. The van der Waals surface area contributed by atoms with Crippen LogP contribution < -0.4 is 0 Å². The van der Waals surface area contributed by atoms with Crippen molar-refractivity contribution in [1.82, 2.24) is 24.8 Å². The van der Waals surface area contributed by atoms with Gasteiger partial charge in [0.25, 0.3) is 0 Å². The largest absolute Gasteiger partial charge is 0.469 e. The van der Waals surface area contributed by atoms with Gasteiger partial charge in [0.2, 0.25) is 5.91 Å². The Hall–Kier alpha value is -4.99. The molecule has 52 heavy (non-hydrogen) atoms. The van der Waals surface area contributed by atoms with Crippen LogP contribution in [-0.4, -0.2) is 71.0 Å². The van der Waals surface area contributed by atoms with Gasteiger partial charge in [0, 0.05) is 60.8 Å². The van der Waals surface area contributed by atoms with Crippen LogP contribution in [0, 0.1) is 13.8 Å². The van der Waals surface area contributed by atoms with Gasteiger partial charge in [0.1, 0.15) is 0 Å². The number of nitrogens with one attached hydrogen (secondary N) is 2. The molecule has 0 saturated carbocycles. The van der Waals surface area contributed by atoms with Gasteiger partial charge in [-0.3, -0.25) is 19.4 Å². The average molecular weight is 708 g/mol. The molecule has 276 valence electrons. The fourth-order valence-corrected chi connectivity index (χ4v) is 7.18. The molecule has 3 aromatic heterocycles. The van der Waals surface area contributed by atoms with Crippen LogP contribution >= 0.6 is 0 Å². The van der Waals surface area contributed by atoms with Gasteiger partial charge in [-0.15, -0.1) is 0 Å². The second-order valence-electron chi connectivity index (χ2n) is 14.4. The lowest BCUT2D eigenvalue weighted by Gasteiger charge is -2.27. The minimum atomic E-state index is -0.706. The molecule has 8 bridgehead atoms. The third-order valence-electron chi connectivity index (χ3n) is 10.5. The molecule has 0 aromatic carbocycles. The van der Waals surface area contributed by atoms with Crippen LogP contribution in [0.25, 0.3) is 39.3 Å². The standard InChI is InChI=1S/C42H53N5O5/c1-10-11-12-13-14-31-37-21-32-25(2)19-28(43-32)20-33-26(3)29(15-17-40(49)51-8)35(44-33)22-36-30(16-18-41(50)52-9)27(4)34(45-36)23-38(46-37)42(31,5)24-39(48)47(6)7/h14,19-23,44-45H,10-13,15-18,24H2,1-9H3/b28-20?,31-14-,32-21?,33-20?,34-23?,35-22?,36-22?,37-21?,38-23?/t42-/m0/s1. The van der Waals surface area contributed by atoms with E-state index in [0.29, 0.717) is 12.8 Å². The number of unbranched alkanes of at least 4 members (excludes halogenated alkanes) is 3. The number of aryl methyl sites for hydroxylation is 4. The number of hydrogen-bond donors (Lipinski definition) is 2. The fourth-order valence-electron chi connectivity index (χ4n) is 7.18. The number of ether oxygens (including phenoxy) is 2. The molecule has 2 aliphatic rings. The molecule has 2 N–H and O–H groups in total. The second kappa shape index (κ2) is 16.1. The molecule has 0 unspecified atom stereocenters. The third-order valence-corrected chi connectivity index (χ3v) is 10.5. The van der Waals surface area contributed by atoms with Gasteiger partial charge in [-0.05, 0) is 117 Å². The Bertz CT molecular complexity index is 2100. The van der Waals surface area contributed by atoms with Gasteiger partial charge in [-0.25, -0.2) is 4.98 Å². The zero-order valence-corrected chi connectivity index (χ0v) is 32.2. The number of H-pyrrole nitrogens is 2. The lowest BCUT2D eigenvalue weighted by molar-refractivity contribution is -0.141. The zero-order valence-electron chi connectivity index (χ0n) is 32.2. The van der Waals surface area contributed by atoms with E-state index in [2.05, 4.69) is 68.0 Å². The molecule has 0 spiro atoms. The zero-order chi connectivity index (χ0) is 37.7. The first-order valence-electron chi connectivity index (χ1n) is 18.3. The summed E-state index contributed by atoms with van der Waals surface area (Å²) in [6.07, 6.45) is 10.2. The molecule has 10 nitrogen and oxygen atoms in total. The summed E-state index contributed by atoms with van der Waals surface area (Å²) in [7, 11) is 6.38. The van der Waals surface area contributed by atoms with Crippen LogP contribution in [-0.2, 0) is 42.1 Å². The van der Waals surface area contributed by atoms with Gasteiger partial charge in [-0.2, -0.15) is 0 Å². The van der Waals surface area contributed by atoms with Crippen molar-refractivity contribution in [1.29, 1.82) is 0 Å². The van der Waals surface area contributed by atoms with Crippen LogP contribution in [0.3, 0.4) is 0 Å². The van der Waals surface area contributed by atoms with E-state index in [1.807, 2.05) is 13.0 Å². The van der Waals surface area contributed by atoms with Crippen molar-refractivity contribution < 1.29 is 23.9 Å². The maximum Gasteiger partial charge on any atom is 0.305 e. The van der Waals surface area contributed by atoms with E-state index >= 15 is 0 Å². The highest BCUT2D eigenvalue weighted by molar-refractivity contribution is 5.89. The quantitative estimate of drug-likeness (QED) is 0.144. The Kier molecular flexibility index (Phi) is 11.9. The first-order chi connectivity index (χ1) is 24.8. The van der Waals surface area contributed by atoms with Gasteiger partial charge in [-0.1, -0.05) is 25.8 Å². The predicted octanol–water partition coefficient (Wildman–Crippen LogP) is 8.10. The highest BCUT2D eigenvalue weighted by Gasteiger charge is 2.41. The van der Waals surface area contributed by atoms with Crippen molar-refractivity contribution in [2.45, 2.75) is 97.8 Å². The lowest BCUT2D eigenvalue weighted by Crippen LogP contribution is -2.31. The number of hydrogen-bond acceptors (Lipinski definition) is 7. The van der Waals surface area contributed by atoms with E-state index in [0.717, 1.165) is 104 Å². The fraction of sp³-hybridized carbons (Fsp3) is 0.452. The van der Waals surface area contributed by atoms with E-state index in [1.165, 1.54) is 14.2 Å². The van der Waals surface area contributed by atoms with Crippen LogP contribution in [0.15, 0.2) is 30.3 Å². The smallest absolute Gasteiger partial charge is 0.305 e. The lowest BCUT2D eigenvalue weighted by atomic mass is 9.76. The van der Waals surface area contributed by atoms with Crippen molar-refractivity contribution in [3.05, 3.63) is 75.4 Å². The van der Waals surface area contributed by atoms with Crippen molar-refractivity contribution in [2.75, 3.05) is 28.3 Å². The summed E-state index contributed by atoms with van der Waals surface area (Å²) in [4.78, 5) is 57.4. The van der Waals surface area contributed by atoms with E-state index in [-0.39, 0.29) is 37.1 Å². The molecule has 5 rings (SSSR count). The van der Waals surface area contributed by atoms with E-state index < -0.39 is 5.41 Å². The number of esters is 2. The molecule has 0 saturated heterocycles. The van der Waals surface area contributed by atoms with Crippen LogP contribution in [0.2, 0.25) is 0 Å². The first-order valence-corrected chi connectivity index (χ1v) is 18.3. The van der Waals surface area contributed by atoms with Crippen LogP contribution in [0.4, 0.5) is 0 Å². The number of allylic oxidation sites excluding steroid dienone is 3. The number of rotatable bonds is 12. The summed E-state index contributed by atoms with van der Waals surface area (Å²) >= 11 is 0. The SMILES string of the molecule is CCCCC/C=C1/c2cc3nc(cc4[nH]c(cc5[nH]c(cc(n2)[C@@]1(C)CC(=O)N(C)C)c(C)c5CCC(=O)OC)c(CCC(=O)OC)c4C)C=C3C. The summed E-state index contributed by atoms with van der Waals surface area (Å²) in [5.74, 6) is -0.554. The Labute approximate surface area is 306 Å². The summed E-state index contributed by atoms with van der Waals surface area (Å²) in [6.45, 7) is 10.5. The Morgan fingerprint density at radius 1 is 0.808 bits per heavy atom. The van der Waals surface area contributed by atoms with Crippen molar-refractivity contribution in [3.8, 4) is 0 Å². The maximum atomic E-state index is 13.5. The van der Waals surface area contributed by atoms with Gasteiger partial charge >= 0.3 is 11.9 Å². The predicted molar refractivity (Wildman–Crippen MR) is 207 cm³/mol.